The second kappa shape index (κ2) is 24.6. The molecule has 1 fully saturated rings. The third-order valence-corrected chi connectivity index (χ3v) is 9.36. The molecule has 0 bridgehead atoms. The predicted molar refractivity (Wildman–Crippen MR) is 233 cm³/mol. The van der Waals surface area contributed by atoms with E-state index in [-0.39, 0.29) is 34.2 Å². The zero-order valence-corrected chi connectivity index (χ0v) is 36.4. The number of nitrogens with zero attached hydrogens (tertiary/aromatic N) is 4. The number of ether oxygens (including phenoxy) is 1. The lowest BCUT2D eigenvalue weighted by atomic mass is 9.72. The fraction of sp³-hybridized carbons (Fsp3) is 0.455. The highest BCUT2D eigenvalue weighted by Crippen LogP contribution is 2.40. The van der Waals surface area contributed by atoms with Crippen molar-refractivity contribution in [3.05, 3.63) is 112 Å². The number of aromatic amines is 1. The molecular formula is C44H62N6O11. The number of carboxylic acid groups (broad SMARTS) is 2. The number of rotatable bonds is 11. The first-order valence-electron chi connectivity index (χ1n) is 19.7. The minimum Gasteiger partial charge on any atom is -0.478 e. The quantitative estimate of drug-likeness (QED) is 0.0969. The predicted octanol–water partition coefficient (Wildman–Crippen LogP) is 4.61. The summed E-state index contributed by atoms with van der Waals surface area (Å²) in [5.74, 6) is -2.07. The number of allylic oxidation sites excluding steroid dienone is 9. The molecule has 5 atom stereocenters. The average Bonchev–Trinajstić information content (AvgIpc) is 3.71. The molecule has 1 aromatic carbocycles. The number of anilines is 1. The van der Waals surface area contributed by atoms with Gasteiger partial charge in [-0.2, -0.15) is 0 Å². The van der Waals surface area contributed by atoms with Crippen LogP contribution in [-0.2, 0) is 14.3 Å². The second-order valence-electron chi connectivity index (χ2n) is 15.7. The molecule has 2 aliphatic rings. The van der Waals surface area contributed by atoms with Gasteiger partial charge in [0, 0.05) is 25.2 Å². The summed E-state index contributed by atoms with van der Waals surface area (Å²) < 4.78 is 6.70. The molecule has 8 N–H and O–H groups in total. The molecule has 3 heterocycles. The van der Waals surface area contributed by atoms with Crippen LogP contribution < -0.4 is 10.9 Å². The molecule has 1 aliphatic heterocycles. The number of amides is 1. The third kappa shape index (κ3) is 17.1. The number of benzene rings is 1. The highest BCUT2D eigenvalue weighted by atomic mass is 16.6. The van der Waals surface area contributed by atoms with Gasteiger partial charge in [0.15, 0.2) is 17.4 Å². The van der Waals surface area contributed by atoms with Gasteiger partial charge in [0.05, 0.1) is 30.9 Å². The minimum absolute atomic E-state index is 0.111. The molecule has 1 unspecified atom stereocenters. The minimum atomic E-state index is -1.24. The molecule has 5 rings (SSSR count). The van der Waals surface area contributed by atoms with Crippen LogP contribution >= 0.6 is 0 Å². The van der Waals surface area contributed by atoms with E-state index in [1.54, 1.807) is 32.1 Å². The number of nitrogens with one attached hydrogen (secondary N) is 2. The smallest absolute Gasteiger partial charge is 0.335 e. The van der Waals surface area contributed by atoms with Gasteiger partial charge in [-0.05, 0) is 102 Å². The number of hydrogen-bond acceptors (Lipinski definition) is 12. The molecule has 61 heavy (non-hydrogen) atoms. The van der Waals surface area contributed by atoms with Crippen LogP contribution in [0.2, 0.25) is 0 Å². The van der Waals surface area contributed by atoms with E-state index >= 15 is 0 Å². The number of aliphatic carboxylic acids is 1. The fourth-order valence-electron chi connectivity index (χ4n) is 6.46. The van der Waals surface area contributed by atoms with Gasteiger partial charge in [-0.3, -0.25) is 14.2 Å². The van der Waals surface area contributed by atoms with Crippen LogP contribution in [0.5, 0.6) is 0 Å². The summed E-state index contributed by atoms with van der Waals surface area (Å²) in [7, 11) is 3.87. The Labute approximate surface area is 356 Å². The van der Waals surface area contributed by atoms with Crippen LogP contribution in [0, 0.1) is 5.41 Å². The van der Waals surface area contributed by atoms with Gasteiger partial charge in [0.1, 0.15) is 18.3 Å². The topological polar surface area (TPSA) is 261 Å². The number of carboxylic acids is 2. The Morgan fingerprint density at radius 1 is 1.05 bits per heavy atom. The monoisotopic (exact) mass is 850 g/mol. The Morgan fingerprint density at radius 2 is 1.70 bits per heavy atom. The molecule has 1 aliphatic carbocycles. The van der Waals surface area contributed by atoms with Gasteiger partial charge >= 0.3 is 11.9 Å². The average molecular weight is 851 g/mol. The zero-order chi connectivity index (χ0) is 46.0. The SMILES string of the molecule is CC(=O)Nc1ccc(C(=O)O)cc1.CC(O)CN(C)C.CC1=C(/C=C/C(C)=C/C=C/C(C)=C/C(=O)O)C(C)(C)CCC1.O=c1[nH]cnc2c1ncn2[C@H]1O[C@@H](CO)[C@H](O)[C@@H]1O. The zero-order valence-electron chi connectivity index (χ0n) is 36.4. The molecule has 0 radical (unpaired) electrons. The number of aliphatic hydroxyl groups excluding tert-OH is 4. The van der Waals surface area contributed by atoms with E-state index in [0.717, 1.165) is 17.7 Å². The number of aromatic carboxylic acids is 1. The summed E-state index contributed by atoms with van der Waals surface area (Å²) in [6.45, 7) is 14.2. The summed E-state index contributed by atoms with van der Waals surface area (Å²) in [5.41, 5.74) is 5.83. The molecule has 3 aromatic rings. The molecule has 2 aromatic heterocycles. The number of H-pyrrole nitrogens is 1. The Balaban J connectivity index is 0.000000299. The van der Waals surface area contributed by atoms with E-state index in [1.165, 1.54) is 72.8 Å². The van der Waals surface area contributed by atoms with Gasteiger partial charge in [-0.1, -0.05) is 55.4 Å². The lowest BCUT2D eigenvalue weighted by Gasteiger charge is -2.32. The number of fused-ring (bicyclic) bond motifs is 1. The number of imidazole rings is 1. The second-order valence-corrected chi connectivity index (χ2v) is 15.7. The summed E-state index contributed by atoms with van der Waals surface area (Å²) in [4.78, 5) is 55.3. The summed E-state index contributed by atoms with van der Waals surface area (Å²) in [5, 5.41) is 57.1. The van der Waals surface area contributed by atoms with Crippen LogP contribution in [0.15, 0.2) is 100 Å². The number of likely N-dealkylation sites (N-methyl/N-ethyl adjacent to an activating group) is 1. The molecule has 1 saturated heterocycles. The first-order valence-corrected chi connectivity index (χ1v) is 19.7. The molecule has 1 amide bonds. The highest BCUT2D eigenvalue weighted by Gasteiger charge is 2.44. The molecular weight excluding hydrogens is 789 g/mol. The molecule has 17 heteroatoms. The maximum Gasteiger partial charge on any atom is 0.335 e. The van der Waals surface area contributed by atoms with Gasteiger partial charge < -0.3 is 50.6 Å². The number of carbonyl (C=O) groups excluding carboxylic acids is 1. The lowest BCUT2D eigenvalue weighted by Crippen LogP contribution is -2.33. The maximum atomic E-state index is 11.5. The van der Waals surface area contributed by atoms with Crippen LogP contribution in [0.3, 0.4) is 0 Å². The van der Waals surface area contributed by atoms with Crippen molar-refractivity contribution >= 4 is 34.7 Å². The van der Waals surface area contributed by atoms with E-state index in [0.29, 0.717) is 5.69 Å². The summed E-state index contributed by atoms with van der Waals surface area (Å²) >= 11 is 0. The number of aliphatic hydroxyl groups is 4. The standard InChI is InChI=1S/C20H28O2.C10H12N4O5.C9H9NO3.C5H13NO/c1-15(8-6-9-16(2)14-19(21)22)11-12-18-17(3)10-7-13-20(18,4)5;15-1-4-6(16)7(17)10(19-4)14-3-13-5-8(14)11-2-12-9(5)18;1-6(11)10-8-4-2-7(3-5-8)9(12)13;1-5(7)4-6(2)3/h6,8-9,11-12,14H,7,10,13H2,1-5H3,(H,21,22);2-4,6-7,10,15-17H,1H2,(H,11,12,18);2-5H,1H3,(H,10,11)(H,12,13);5,7H,4H2,1-3H3/b9-6+,12-11+,15-8+,16-14+;;;/t;4-,6-,7-,10-;;/m.0../s1. The Morgan fingerprint density at radius 3 is 2.21 bits per heavy atom. The maximum absolute atomic E-state index is 11.5. The number of aromatic nitrogens is 4. The molecule has 334 valence electrons. The van der Waals surface area contributed by atoms with Crippen LogP contribution in [0.4, 0.5) is 5.69 Å². The van der Waals surface area contributed by atoms with Crippen molar-refractivity contribution in [2.24, 2.45) is 5.41 Å². The van der Waals surface area contributed by atoms with Crippen LogP contribution in [0.25, 0.3) is 11.2 Å². The summed E-state index contributed by atoms with van der Waals surface area (Å²) in [6.07, 6.45) is 13.0. The van der Waals surface area contributed by atoms with Crippen LogP contribution in [-0.4, -0.2) is 125 Å². The van der Waals surface area contributed by atoms with E-state index in [4.69, 9.17) is 25.2 Å². The lowest BCUT2D eigenvalue weighted by molar-refractivity contribution is -0.131. The Kier molecular flexibility index (Phi) is 20.8. The Hall–Kier alpha value is -5.56. The fourth-order valence-corrected chi connectivity index (χ4v) is 6.46. The van der Waals surface area contributed by atoms with Crippen molar-refractivity contribution in [3.63, 3.8) is 0 Å². The first kappa shape index (κ1) is 51.6. The largest absolute Gasteiger partial charge is 0.478 e. The van der Waals surface area contributed by atoms with E-state index < -0.39 is 48.6 Å². The van der Waals surface area contributed by atoms with Crippen molar-refractivity contribution in [1.82, 2.24) is 24.4 Å². The Bertz CT molecular complexity index is 2120. The third-order valence-electron chi connectivity index (χ3n) is 9.36. The van der Waals surface area contributed by atoms with Crippen molar-refractivity contribution < 1.29 is 49.8 Å². The van der Waals surface area contributed by atoms with Gasteiger partial charge in [0.2, 0.25) is 5.91 Å². The van der Waals surface area contributed by atoms with Crippen molar-refractivity contribution in [2.45, 2.75) is 98.4 Å². The highest BCUT2D eigenvalue weighted by molar-refractivity contribution is 5.91. The normalized spacial score (nSPS) is 20.7. The summed E-state index contributed by atoms with van der Waals surface area (Å²) in [6, 6.07) is 5.97. The van der Waals surface area contributed by atoms with Gasteiger partial charge in [-0.25, -0.2) is 19.6 Å². The van der Waals surface area contributed by atoms with Crippen molar-refractivity contribution in [3.8, 4) is 0 Å². The van der Waals surface area contributed by atoms with Crippen LogP contribution in [0.1, 0.15) is 84.3 Å². The van der Waals surface area contributed by atoms with Gasteiger partial charge in [-0.15, -0.1) is 0 Å². The molecule has 0 spiro atoms. The van der Waals surface area contributed by atoms with E-state index in [2.05, 4.69) is 60.1 Å². The van der Waals surface area contributed by atoms with E-state index in [1.807, 2.05) is 31.1 Å². The first-order chi connectivity index (χ1) is 28.6. The number of hydrogen-bond donors (Lipinski definition) is 8. The number of carbonyl (C=O) groups is 3. The van der Waals surface area contributed by atoms with E-state index in [9.17, 15) is 29.4 Å². The van der Waals surface area contributed by atoms with Crippen molar-refractivity contribution in [2.75, 3.05) is 32.6 Å². The van der Waals surface area contributed by atoms with Gasteiger partial charge in [0.25, 0.3) is 5.56 Å². The molecule has 0 saturated carbocycles. The van der Waals surface area contributed by atoms with Crippen molar-refractivity contribution in [1.29, 1.82) is 0 Å². The molecule has 17 nitrogen and oxygen atoms in total.